The minimum Gasteiger partial charge on any atom is -0.395 e. The van der Waals surface area contributed by atoms with E-state index in [9.17, 15) is 0 Å². The standard InChI is InChI=1S/C15H27NO2Si/c1-4-5-6-7-8-12-17-19(2,3)18-14-15-10-9-11-16-13-15/h9-11,13H,4-8,12,14H2,1-3H3. The number of hydrogen-bond donors (Lipinski definition) is 0. The summed E-state index contributed by atoms with van der Waals surface area (Å²) in [6.07, 6.45) is 9.97. The summed E-state index contributed by atoms with van der Waals surface area (Å²) in [4.78, 5) is 4.08. The van der Waals surface area contributed by atoms with E-state index < -0.39 is 8.56 Å². The summed E-state index contributed by atoms with van der Waals surface area (Å²) in [5.74, 6) is 0. The first-order valence-electron chi connectivity index (χ1n) is 7.31. The molecule has 0 unspecified atom stereocenters. The molecule has 0 aliphatic carbocycles. The Bertz CT molecular complexity index is 330. The van der Waals surface area contributed by atoms with Crippen molar-refractivity contribution >= 4 is 8.56 Å². The molecule has 0 bridgehead atoms. The van der Waals surface area contributed by atoms with Crippen molar-refractivity contribution < 1.29 is 8.85 Å². The molecule has 3 nitrogen and oxygen atoms in total. The van der Waals surface area contributed by atoms with Crippen molar-refractivity contribution in [2.24, 2.45) is 0 Å². The summed E-state index contributed by atoms with van der Waals surface area (Å²) in [5, 5.41) is 0. The molecule has 0 fully saturated rings. The summed E-state index contributed by atoms with van der Waals surface area (Å²) in [5.41, 5.74) is 1.11. The largest absolute Gasteiger partial charge is 0.395 e. The number of aromatic nitrogens is 1. The maximum Gasteiger partial charge on any atom is 0.332 e. The molecule has 0 atom stereocenters. The van der Waals surface area contributed by atoms with E-state index in [1.165, 1.54) is 25.7 Å². The van der Waals surface area contributed by atoms with Crippen molar-refractivity contribution in [3.05, 3.63) is 30.1 Å². The zero-order chi connectivity index (χ0) is 14.0. The molecule has 0 spiro atoms. The summed E-state index contributed by atoms with van der Waals surface area (Å²) >= 11 is 0. The minimum atomic E-state index is -1.98. The highest BCUT2D eigenvalue weighted by molar-refractivity contribution is 6.64. The van der Waals surface area contributed by atoms with Crippen LogP contribution in [0.15, 0.2) is 24.5 Å². The maximum absolute atomic E-state index is 5.93. The Hall–Kier alpha value is -0.713. The predicted molar refractivity (Wildman–Crippen MR) is 81.2 cm³/mol. The molecule has 0 aliphatic rings. The molecular formula is C15H27NO2Si. The quantitative estimate of drug-likeness (QED) is 0.473. The van der Waals surface area contributed by atoms with Crippen molar-refractivity contribution in [3.63, 3.8) is 0 Å². The Labute approximate surface area is 118 Å². The van der Waals surface area contributed by atoms with Gasteiger partial charge in [0.05, 0.1) is 6.61 Å². The molecule has 108 valence electrons. The number of hydrogen-bond acceptors (Lipinski definition) is 3. The van der Waals surface area contributed by atoms with Crippen LogP contribution in [0.25, 0.3) is 0 Å². The Balaban J connectivity index is 2.13. The highest BCUT2D eigenvalue weighted by atomic mass is 28.4. The first-order valence-corrected chi connectivity index (χ1v) is 10.1. The molecule has 1 heterocycles. The molecule has 1 aromatic rings. The monoisotopic (exact) mass is 281 g/mol. The summed E-state index contributed by atoms with van der Waals surface area (Å²) in [7, 11) is -1.98. The van der Waals surface area contributed by atoms with E-state index in [2.05, 4.69) is 25.0 Å². The van der Waals surface area contributed by atoms with E-state index in [4.69, 9.17) is 8.85 Å². The van der Waals surface area contributed by atoms with Gasteiger partial charge >= 0.3 is 8.56 Å². The molecule has 0 aromatic carbocycles. The van der Waals surface area contributed by atoms with Gasteiger partial charge in [-0.3, -0.25) is 4.98 Å². The third kappa shape index (κ3) is 8.13. The highest BCUT2D eigenvalue weighted by Crippen LogP contribution is 2.12. The average Bonchev–Trinajstić information content (AvgIpc) is 2.42. The van der Waals surface area contributed by atoms with Crippen LogP contribution in [0.5, 0.6) is 0 Å². The second kappa shape index (κ2) is 9.23. The van der Waals surface area contributed by atoms with Gasteiger partial charge in [0.15, 0.2) is 0 Å². The Morgan fingerprint density at radius 2 is 1.89 bits per heavy atom. The fourth-order valence-corrected chi connectivity index (χ4v) is 3.04. The van der Waals surface area contributed by atoms with Crippen LogP contribution in [0.1, 0.15) is 44.6 Å². The van der Waals surface area contributed by atoms with Crippen LogP contribution < -0.4 is 0 Å². The SMILES string of the molecule is CCCCCCCO[Si](C)(C)OCc1cccnc1. The van der Waals surface area contributed by atoms with Gasteiger partial charge in [-0.05, 0) is 31.1 Å². The van der Waals surface area contributed by atoms with Crippen LogP contribution in [0.3, 0.4) is 0 Å². The van der Waals surface area contributed by atoms with Crippen molar-refractivity contribution in [1.29, 1.82) is 0 Å². The molecule has 1 rings (SSSR count). The third-order valence-electron chi connectivity index (χ3n) is 3.01. The fraction of sp³-hybridized carbons (Fsp3) is 0.667. The van der Waals surface area contributed by atoms with E-state index in [1.54, 1.807) is 6.20 Å². The molecular weight excluding hydrogens is 254 g/mol. The Kier molecular flexibility index (Phi) is 7.94. The van der Waals surface area contributed by atoms with E-state index in [1.807, 2.05) is 18.3 Å². The van der Waals surface area contributed by atoms with Crippen LogP contribution in [0.4, 0.5) is 0 Å². The molecule has 0 amide bonds. The number of unbranched alkanes of at least 4 members (excludes halogenated alkanes) is 4. The second-order valence-corrected chi connectivity index (χ2v) is 8.69. The molecule has 0 radical (unpaired) electrons. The lowest BCUT2D eigenvalue weighted by Crippen LogP contribution is -2.35. The van der Waals surface area contributed by atoms with Crippen molar-refractivity contribution in [1.82, 2.24) is 4.98 Å². The Morgan fingerprint density at radius 1 is 1.11 bits per heavy atom. The van der Waals surface area contributed by atoms with E-state index in [-0.39, 0.29) is 0 Å². The van der Waals surface area contributed by atoms with E-state index in [0.29, 0.717) is 6.61 Å². The first-order chi connectivity index (χ1) is 9.14. The van der Waals surface area contributed by atoms with Gasteiger partial charge in [0, 0.05) is 19.0 Å². The molecule has 0 N–H and O–H groups in total. The van der Waals surface area contributed by atoms with Crippen molar-refractivity contribution in [2.75, 3.05) is 6.61 Å². The van der Waals surface area contributed by atoms with E-state index in [0.717, 1.165) is 18.6 Å². The van der Waals surface area contributed by atoms with Crippen LogP contribution >= 0.6 is 0 Å². The minimum absolute atomic E-state index is 0.600. The number of nitrogens with zero attached hydrogens (tertiary/aromatic N) is 1. The van der Waals surface area contributed by atoms with Gasteiger partial charge in [0.25, 0.3) is 0 Å². The van der Waals surface area contributed by atoms with Gasteiger partial charge in [-0.15, -0.1) is 0 Å². The van der Waals surface area contributed by atoms with Gasteiger partial charge in [-0.1, -0.05) is 38.7 Å². The third-order valence-corrected chi connectivity index (χ3v) is 4.75. The van der Waals surface area contributed by atoms with Crippen LogP contribution in [-0.4, -0.2) is 20.2 Å². The van der Waals surface area contributed by atoms with Gasteiger partial charge < -0.3 is 8.85 Å². The summed E-state index contributed by atoms with van der Waals surface area (Å²) < 4.78 is 11.8. The first kappa shape index (κ1) is 16.3. The smallest absolute Gasteiger partial charge is 0.332 e. The lowest BCUT2D eigenvalue weighted by molar-refractivity contribution is 0.168. The lowest BCUT2D eigenvalue weighted by Gasteiger charge is -2.22. The molecule has 0 saturated carbocycles. The van der Waals surface area contributed by atoms with Gasteiger partial charge in [-0.2, -0.15) is 0 Å². The Morgan fingerprint density at radius 3 is 2.58 bits per heavy atom. The van der Waals surface area contributed by atoms with E-state index >= 15 is 0 Å². The number of rotatable bonds is 10. The molecule has 0 saturated heterocycles. The lowest BCUT2D eigenvalue weighted by atomic mass is 10.2. The fourth-order valence-electron chi connectivity index (χ4n) is 1.81. The molecule has 4 heteroatoms. The van der Waals surface area contributed by atoms with Gasteiger partial charge in [0.2, 0.25) is 0 Å². The van der Waals surface area contributed by atoms with Crippen molar-refractivity contribution in [2.45, 2.75) is 58.7 Å². The normalized spacial score (nSPS) is 11.7. The van der Waals surface area contributed by atoms with Crippen LogP contribution in [0.2, 0.25) is 13.1 Å². The second-order valence-electron chi connectivity index (χ2n) is 5.31. The van der Waals surface area contributed by atoms with Crippen LogP contribution in [0, 0.1) is 0 Å². The summed E-state index contributed by atoms with van der Waals surface area (Å²) in [6.45, 7) is 7.88. The topological polar surface area (TPSA) is 31.4 Å². The van der Waals surface area contributed by atoms with Crippen LogP contribution in [-0.2, 0) is 15.5 Å². The molecule has 19 heavy (non-hydrogen) atoms. The van der Waals surface area contributed by atoms with Gasteiger partial charge in [0.1, 0.15) is 0 Å². The average molecular weight is 281 g/mol. The predicted octanol–water partition coefficient (Wildman–Crippen LogP) is 4.29. The number of pyridine rings is 1. The summed E-state index contributed by atoms with van der Waals surface area (Å²) in [6, 6.07) is 3.96. The maximum atomic E-state index is 5.93. The van der Waals surface area contributed by atoms with Crippen molar-refractivity contribution in [3.8, 4) is 0 Å². The zero-order valence-corrected chi connectivity index (χ0v) is 13.5. The molecule has 0 aliphatic heterocycles. The highest BCUT2D eigenvalue weighted by Gasteiger charge is 2.24. The zero-order valence-electron chi connectivity index (χ0n) is 12.5. The molecule has 1 aromatic heterocycles. The van der Waals surface area contributed by atoms with Gasteiger partial charge in [-0.25, -0.2) is 0 Å².